The SMILES string of the molecule is CCCN(Cc1nnc(-c2cccs2)o1)C(=O)COC(=O)c1cccs1. The first kappa shape index (κ1) is 18.3. The molecule has 0 radical (unpaired) electrons. The van der Waals surface area contributed by atoms with Crippen LogP contribution in [0.4, 0.5) is 0 Å². The second-order valence-corrected chi connectivity index (χ2v) is 7.24. The Hall–Kier alpha value is -2.52. The van der Waals surface area contributed by atoms with Crippen molar-refractivity contribution in [1.82, 2.24) is 15.1 Å². The van der Waals surface area contributed by atoms with E-state index in [9.17, 15) is 9.59 Å². The molecule has 0 aliphatic rings. The maximum absolute atomic E-state index is 12.4. The number of esters is 1. The van der Waals surface area contributed by atoms with Gasteiger partial charge in [0, 0.05) is 6.54 Å². The number of aromatic nitrogens is 2. The number of thiophene rings is 2. The zero-order chi connectivity index (χ0) is 18.4. The van der Waals surface area contributed by atoms with Gasteiger partial charge >= 0.3 is 5.97 Å². The van der Waals surface area contributed by atoms with Crippen LogP contribution in [-0.2, 0) is 16.1 Å². The van der Waals surface area contributed by atoms with E-state index >= 15 is 0 Å². The number of carbonyl (C=O) groups excluding carboxylic acids is 2. The fraction of sp³-hybridized carbons (Fsp3) is 0.294. The molecule has 0 spiro atoms. The van der Waals surface area contributed by atoms with Gasteiger partial charge in [-0.25, -0.2) is 4.79 Å². The Morgan fingerprint density at radius 3 is 2.69 bits per heavy atom. The molecule has 0 aliphatic carbocycles. The summed E-state index contributed by atoms with van der Waals surface area (Å²) in [7, 11) is 0. The lowest BCUT2D eigenvalue weighted by Crippen LogP contribution is -2.35. The van der Waals surface area contributed by atoms with Gasteiger partial charge in [0.2, 0.25) is 5.89 Å². The van der Waals surface area contributed by atoms with E-state index in [0.29, 0.717) is 23.2 Å². The van der Waals surface area contributed by atoms with Gasteiger partial charge in [-0.3, -0.25) is 4.79 Å². The van der Waals surface area contributed by atoms with Crippen LogP contribution in [0.15, 0.2) is 39.4 Å². The average molecular weight is 391 g/mol. The van der Waals surface area contributed by atoms with Crippen molar-refractivity contribution in [2.45, 2.75) is 19.9 Å². The van der Waals surface area contributed by atoms with Crippen molar-refractivity contribution in [2.24, 2.45) is 0 Å². The molecule has 0 saturated heterocycles. The number of hydrogen-bond acceptors (Lipinski definition) is 8. The van der Waals surface area contributed by atoms with Crippen LogP contribution in [0.2, 0.25) is 0 Å². The maximum Gasteiger partial charge on any atom is 0.348 e. The molecule has 3 heterocycles. The molecule has 0 saturated carbocycles. The van der Waals surface area contributed by atoms with Gasteiger partial charge in [-0.15, -0.1) is 32.9 Å². The Labute approximate surface area is 158 Å². The Morgan fingerprint density at radius 1 is 1.19 bits per heavy atom. The Balaban J connectivity index is 1.59. The molecule has 0 bridgehead atoms. The average Bonchev–Trinajstić information content (AvgIpc) is 3.40. The predicted molar refractivity (Wildman–Crippen MR) is 97.9 cm³/mol. The van der Waals surface area contributed by atoms with Gasteiger partial charge in [0.1, 0.15) is 4.88 Å². The minimum atomic E-state index is -0.498. The molecule has 7 nitrogen and oxygen atoms in total. The van der Waals surface area contributed by atoms with Gasteiger partial charge < -0.3 is 14.1 Å². The van der Waals surface area contributed by atoms with Crippen molar-refractivity contribution in [2.75, 3.05) is 13.2 Å². The van der Waals surface area contributed by atoms with E-state index < -0.39 is 5.97 Å². The Kier molecular flexibility index (Phi) is 6.13. The van der Waals surface area contributed by atoms with Crippen molar-refractivity contribution in [3.63, 3.8) is 0 Å². The van der Waals surface area contributed by atoms with Crippen LogP contribution >= 0.6 is 22.7 Å². The number of ether oxygens (including phenoxy) is 1. The third kappa shape index (κ3) is 4.55. The second kappa shape index (κ2) is 8.72. The zero-order valence-electron chi connectivity index (χ0n) is 14.1. The summed E-state index contributed by atoms with van der Waals surface area (Å²) < 4.78 is 10.7. The van der Waals surface area contributed by atoms with Crippen LogP contribution < -0.4 is 0 Å². The smallest absolute Gasteiger partial charge is 0.348 e. The molecular weight excluding hydrogens is 374 g/mol. The van der Waals surface area contributed by atoms with Crippen molar-refractivity contribution in [1.29, 1.82) is 0 Å². The van der Waals surface area contributed by atoms with E-state index in [1.54, 1.807) is 22.4 Å². The summed E-state index contributed by atoms with van der Waals surface area (Å²) in [6, 6.07) is 7.21. The number of rotatable bonds is 8. The van der Waals surface area contributed by atoms with Crippen LogP contribution in [0.1, 0.15) is 28.9 Å². The minimum absolute atomic E-state index is 0.182. The van der Waals surface area contributed by atoms with Gasteiger partial charge in [0.25, 0.3) is 11.8 Å². The van der Waals surface area contributed by atoms with E-state index in [2.05, 4.69) is 10.2 Å². The molecule has 3 aromatic heterocycles. The molecule has 0 N–H and O–H groups in total. The van der Waals surface area contributed by atoms with Crippen molar-refractivity contribution >= 4 is 34.6 Å². The van der Waals surface area contributed by atoms with Gasteiger partial charge in [0.15, 0.2) is 6.61 Å². The highest BCUT2D eigenvalue weighted by Crippen LogP contribution is 2.23. The minimum Gasteiger partial charge on any atom is -0.451 e. The van der Waals surface area contributed by atoms with Crippen LogP contribution in [0.5, 0.6) is 0 Å². The van der Waals surface area contributed by atoms with Crippen molar-refractivity contribution in [3.8, 4) is 10.8 Å². The van der Waals surface area contributed by atoms with Gasteiger partial charge in [-0.05, 0) is 29.3 Å². The quantitative estimate of drug-likeness (QED) is 0.547. The lowest BCUT2D eigenvalue weighted by atomic mass is 10.4. The molecule has 26 heavy (non-hydrogen) atoms. The third-order valence-electron chi connectivity index (χ3n) is 3.42. The summed E-state index contributed by atoms with van der Waals surface area (Å²) in [5, 5.41) is 11.7. The summed E-state index contributed by atoms with van der Waals surface area (Å²) in [4.78, 5) is 27.2. The van der Waals surface area contributed by atoms with Crippen LogP contribution in [0.25, 0.3) is 10.8 Å². The Bertz CT molecular complexity index is 843. The van der Waals surface area contributed by atoms with E-state index in [1.807, 2.05) is 24.4 Å². The third-order valence-corrected chi connectivity index (χ3v) is 5.13. The summed E-state index contributed by atoms with van der Waals surface area (Å²) in [5.74, 6) is -0.0157. The fourth-order valence-electron chi connectivity index (χ4n) is 2.23. The molecular formula is C17H17N3O4S2. The van der Waals surface area contributed by atoms with Crippen molar-refractivity contribution in [3.05, 3.63) is 45.8 Å². The fourth-order valence-corrected chi connectivity index (χ4v) is 3.49. The molecule has 0 aromatic carbocycles. The standard InChI is InChI=1S/C17H17N3O4S2/c1-2-7-20(15(21)11-23-17(22)13-6-4-9-26-13)10-14-18-19-16(24-14)12-5-3-8-25-12/h3-6,8-9H,2,7,10-11H2,1H3. The van der Waals surface area contributed by atoms with Crippen LogP contribution in [0.3, 0.4) is 0 Å². The van der Waals surface area contributed by atoms with Crippen LogP contribution in [-0.4, -0.2) is 40.1 Å². The summed E-state index contributed by atoms with van der Waals surface area (Å²) in [6.07, 6.45) is 0.760. The van der Waals surface area contributed by atoms with Crippen molar-refractivity contribution < 1.29 is 18.7 Å². The highest BCUT2D eigenvalue weighted by molar-refractivity contribution is 7.13. The highest BCUT2D eigenvalue weighted by Gasteiger charge is 2.19. The first-order valence-corrected chi connectivity index (χ1v) is 9.78. The molecule has 9 heteroatoms. The van der Waals surface area contributed by atoms with Gasteiger partial charge in [-0.2, -0.15) is 0 Å². The second-order valence-electron chi connectivity index (χ2n) is 5.35. The predicted octanol–water partition coefficient (Wildman–Crippen LogP) is 3.46. The monoisotopic (exact) mass is 391 g/mol. The zero-order valence-corrected chi connectivity index (χ0v) is 15.7. The normalized spacial score (nSPS) is 10.7. The lowest BCUT2D eigenvalue weighted by Gasteiger charge is -2.19. The highest BCUT2D eigenvalue weighted by atomic mass is 32.1. The van der Waals surface area contributed by atoms with E-state index in [0.717, 1.165) is 11.3 Å². The number of amides is 1. The van der Waals surface area contributed by atoms with E-state index in [-0.39, 0.29) is 19.1 Å². The molecule has 0 fully saturated rings. The molecule has 0 atom stereocenters. The summed E-state index contributed by atoms with van der Waals surface area (Å²) in [6.45, 7) is 2.33. The molecule has 1 amide bonds. The molecule has 0 unspecified atom stereocenters. The van der Waals surface area contributed by atoms with Crippen LogP contribution in [0, 0.1) is 0 Å². The topological polar surface area (TPSA) is 85.5 Å². The van der Waals surface area contributed by atoms with Gasteiger partial charge in [0.05, 0.1) is 11.4 Å². The maximum atomic E-state index is 12.4. The summed E-state index contributed by atoms with van der Waals surface area (Å²) in [5.41, 5.74) is 0. The first-order chi connectivity index (χ1) is 12.7. The largest absolute Gasteiger partial charge is 0.451 e. The van der Waals surface area contributed by atoms with E-state index in [1.165, 1.54) is 22.7 Å². The number of carbonyl (C=O) groups is 2. The molecule has 3 rings (SSSR count). The molecule has 3 aromatic rings. The molecule has 0 aliphatic heterocycles. The number of nitrogens with zero attached hydrogens (tertiary/aromatic N) is 3. The first-order valence-electron chi connectivity index (χ1n) is 8.02. The Morgan fingerprint density at radius 2 is 2.00 bits per heavy atom. The van der Waals surface area contributed by atoms with E-state index in [4.69, 9.17) is 9.15 Å². The lowest BCUT2D eigenvalue weighted by molar-refractivity contribution is -0.135. The number of hydrogen-bond donors (Lipinski definition) is 0. The van der Waals surface area contributed by atoms with Gasteiger partial charge in [-0.1, -0.05) is 19.1 Å². The summed E-state index contributed by atoms with van der Waals surface area (Å²) >= 11 is 2.78. The molecule has 136 valence electrons.